The molecule has 0 saturated heterocycles. The molecule has 4 nitrogen and oxygen atoms in total. The fraction of sp³-hybridized carbons (Fsp3) is 0.150. The normalized spacial score (nSPS) is 11.9. The molecule has 2 aromatic carbocycles. The van der Waals surface area contributed by atoms with Crippen LogP contribution in [-0.4, -0.2) is 10.1 Å². The molecule has 0 aliphatic rings. The van der Waals surface area contributed by atoms with Crippen LogP contribution >= 0.6 is 11.6 Å². The second-order valence-corrected chi connectivity index (χ2v) is 7.71. The standard InChI is InChI=1S/C20H18ClNO3S/c1-14-5-2-3-6-15(14)12-22-20(23)19-10-9-17(25-19)13-26(24)18-8-4-7-16(21)11-18/h2-11H,12-13H2,1H3,(H,22,23). The van der Waals surface area contributed by atoms with E-state index < -0.39 is 10.8 Å². The highest BCUT2D eigenvalue weighted by Gasteiger charge is 2.14. The van der Waals surface area contributed by atoms with Crippen molar-refractivity contribution in [2.45, 2.75) is 24.1 Å². The Morgan fingerprint density at radius 2 is 1.92 bits per heavy atom. The van der Waals surface area contributed by atoms with Gasteiger partial charge in [-0.15, -0.1) is 0 Å². The number of hydrogen-bond donors (Lipinski definition) is 1. The number of hydrogen-bond acceptors (Lipinski definition) is 3. The first kappa shape index (κ1) is 18.4. The molecular weight excluding hydrogens is 370 g/mol. The van der Waals surface area contributed by atoms with Crippen LogP contribution < -0.4 is 5.32 Å². The SMILES string of the molecule is Cc1ccccc1CNC(=O)c1ccc(CS(=O)c2cccc(Cl)c2)o1. The average Bonchev–Trinajstić information content (AvgIpc) is 3.09. The van der Waals surface area contributed by atoms with Crippen LogP contribution in [-0.2, 0) is 23.1 Å². The molecule has 3 rings (SSSR count). The van der Waals surface area contributed by atoms with Crippen molar-refractivity contribution in [1.82, 2.24) is 5.32 Å². The second kappa shape index (κ2) is 8.34. The van der Waals surface area contributed by atoms with Gasteiger partial charge in [-0.05, 0) is 48.4 Å². The smallest absolute Gasteiger partial charge is 0.287 e. The van der Waals surface area contributed by atoms with Gasteiger partial charge in [0.25, 0.3) is 5.91 Å². The van der Waals surface area contributed by atoms with Crippen molar-refractivity contribution in [3.05, 3.63) is 88.3 Å². The third-order valence-electron chi connectivity index (χ3n) is 3.92. The molecule has 1 aromatic heterocycles. The molecule has 6 heteroatoms. The van der Waals surface area contributed by atoms with E-state index >= 15 is 0 Å². The first-order chi connectivity index (χ1) is 12.5. The maximum Gasteiger partial charge on any atom is 0.287 e. The molecule has 0 bridgehead atoms. The van der Waals surface area contributed by atoms with Gasteiger partial charge in [0, 0.05) is 16.5 Å². The summed E-state index contributed by atoms with van der Waals surface area (Å²) in [6.45, 7) is 2.42. The highest BCUT2D eigenvalue weighted by atomic mass is 35.5. The minimum atomic E-state index is -1.29. The number of rotatable bonds is 6. The number of carbonyl (C=O) groups excluding carboxylic acids is 1. The van der Waals surface area contributed by atoms with E-state index in [1.54, 1.807) is 36.4 Å². The summed E-state index contributed by atoms with van der Waals surface area (Å²) in [4.78, 5) is 12.9. The number of aryl methyl sites for hydroxylation is 1. The molecule has 0 aliphatic heterocycles. The highest BCUT2D eigenvalue weighted by molar-refractivity contribution is 7.84. The van der Waals surface area contributed by atoms with Gasteiger partial charge in [0.15, 0.2) is 5.76 Å². The van der Waals surface area contributed by atoms with E-state index in [0.717, 1.165) is 11.1 Å². The summed E-state index contributed by atoms with van der Waals surface area (Å²) in [5, 5.41) is 3.37. The van der Waals surface area contributed by atoms with Gasteiger partial charge in [-0.25, -0.2) is 0 Å². The van der Waals surface area contributed by atoms with Crippen LogP contribution in [0.1, 0.15) is 27.4 Å². The van der Waals surface area contributed by atoms with Crippen LogP contribution in [0, 0.1) is 6.92 Å². The van der Waals surface area contributed by atoms with Gasteiger partial charge in [0.05, 0.1) is 16.6 Å². The van der Waals surface area contributed by atoms with Crippen LogP contribution in [0.15, 0.2) is 70.0 Å². The molecule has 1 heterocycles. The maximum absolute atomic E-state index is 12.4. The monoisotopic (exact) mass is 387 g/mol. The molecule has 0 radical (unpaired) electrons. The van der Waals surface area contributed by atoms with Crippen molar-refractivity contribution in [1.29, 1.82) is 0 Å². The minimum absolute atomic E-state index is 0.186. The van der Waals surface area contributed by atoms with Crippen molar-refractivity contribution < 1.29 is 13.4 Å². The van der Waals surface area contributed by atoms with Crippen LogP contribution in [0.3, 0.4) is 0 Å². The highest BCUT2D eigenvalue weighted by Crippen LogP contribution is 2.18. The molecule has 1 amide bonds. The van der Waals surface area contributed by atoms with Gasteiger partial charge < -0.3 is 9.73 Å². The zero-order valence-corrected chi connectivity index (χ0v) is 15.8. The van der Waals surface area contributed by atoms with Gasteiger partial charge >= 0.3 is 0 Å². The predicted molar refractivity (Wildman–Crippen MR) is 103 cm³/mol. The van der Waals surface area contributed by atoms with Gasteiger partial charge in [0.2, 0.25) is 0 Å². The lowest BCUT2D eigenvalue weighted by Crippen LogP contribution is -2.22. The Morgan fingerprint density at radius 3 is 2.69 bits per heavy atom. The lowest BCUT2D eigenvalue weighted by molar-refractivity contribution is 0.0921. The van der Waals surface area contributed by atoms with Gasteiger partial charge in [-0.2, -0.15) is 0 Å². The topological polar surface area (TPSA) is 59.3 Å². The number of halogens is 1. The Labute approximate surface area is 159 Å². The summed E-state index contributed by atoms with van der Waals surface area (Å²) < 4.78 is 17.9. The molecule has 0 saturated carbocycles. The Morgan fingerprint density at radius 1 is 1.12 bits per heavy atom. The Balaban J connectivity index is 1.61. The van der Waals surface area contributed by atoms with E-state index in [1.807, 2.05) is 31.2 Å². The lowest BCUT2D eigenvalue weighted by Gasteiger charge is -2.06. The molecule has 1 atom stereocenters. The zero-order chi connectivity index (χ0) is 18.5. The van der Waals surface area contributed by atoms with E-state index in [1.165, 1.54) is 0 Å². The average molecular weight is 388 g/mol. The van der Waals surface area contributed by atoms with Crippen molar-refractivity contribution in [2.75, 3.05) is 0 Å². The van der Waals surface area contributed by atoms with E-state index in [-0.39, 0.29) is 17.4 Å². The molecule has 26 heavy (non-hydrogen) atoms. The summed E-state index contributed by atoms with van der Waals surface area (Å²) in [5.74, 6) is 0.583. The number of benzene rings is 2. The molecule has 134 valence electrons. The van der Waals surface area contributed by atoms with E-state index in [0.29, 0.717) is 22.2 Å². The molecule has 1 N–H and O–H groups in total. The second-order valence-electron chi connectivity index (χ2n) is 5.82. The van der Waals surface area contributed by atoms with E-state index in [9.17, 15) is 9.00 Å². The number of amides is 1. The first-order valence-electron chi connectivity index (χ1n) is 8.08. The van der Waals surface area contributed by atoms with E-state index in [2.05, 4.69) is 5.32 Å². The summed E-state index contributed by atoms with van der Waals surface area (Å²) in [5.41, 5.74) is 2.17. The number of nitrogens with one attached hydrogen (secondary N) is 1. The van der Waals surface area contributed by atoms with Crippen LogP contribution in [0.25, 0.3) is 0 Å². The summed E-state index contributed by atoms with van der Waals surface area (Å²) >= 11 is 5.92. The van der Waals surface area contributed by atoms with Crippen LogP contribution in [0.2, 0.25) is 5.02 Å². The van der Waals surface area contributed by atoms with E-state index in [4.69, 9.17) is 16.0 Å². The fourth-order valence-corrected chi connectivity index (χ4v) is 3.79. The zero-order valence-electron chi connectivity index (χ0n) is 14.2. The lowest BCUT2D eigenvalue weighted by atomic mass is 10.1. The molecule has 1 unspecified atom stereocenters. The first-order valence-corrected chi connectivity index (χ1v) is 9.78. The largest absolute Gasteiger partial charge is 0.455 e. The summed E-state index contributed by atoms with van der Waals surface area (Å²) in [6.07, 6.45) is 0. The minimum Gasteiger partial charge on any atom is -0.455 e. The molecule has 3 aromatic rings. The number of carbonyl (C=O) groups is 1. The van der Waals surface area contributed by atoms with Crippen molar-refractivity contribution >= 4 is 28.3 Å². The predicted octanol–water partition coefficient (Wildman–Crippen LogP) is 4.48. The van der Waals surface area contributed by atoms with Crippen LogP contribution in [0.5, 0.6) is 0 Å². The Kier molecular flexibility index (Phi) is 5.91. The van der Waals surface area contributed by atoms with Crippen LogP contribution in [0.4, 0.5) is 0 Å². The van der Waals surface area contributed by atoms with Crippen molar-refractivity contribution in [3.8, 4) is 0 Å². The molecule has 0 aliphatic carbocycles. The molecular formula is C20H18ClNO3S. The van der Waals surface area contributed by atoms with Gasteiger partial charge in [-0.1, -0.05) is 41.9 Å². The molecule has 0 spiro atoms. The Bertz CT molecular complexity index is 951. The summed E-state index contributed by atoms with van der Waals surface area (Å²) in [7, 11) is -1.29. The Hall–Kier alpha value is -2.37. The van der Waals surface area contributed by atoms with Crippen molar-refractivity contribution in [2.24, 2.45) is 0 Å². The summed E-state index contributed by atoms with van der Waals surface area (Å²) in [6, 6.07) is 18.0. The quantitative estimate of drug-likeness (QED) is 0.678. The van der Waals surface area contributed by atoms with Crippen molar-refractivity contribution in [3.63, 3.8) is 0 Å². The maximum atomic E-state index is 12.4. The third kappa shape index (κ3) is 4.62. The van der Waals surface area contributed by atoms with Gasteiger partial charge in [0.1, 0.15) is 5.76 Å². The third-order valence-corrected chi connectivity index (χ3v) is 5.48. The number of furan rings is 1. The van der Waals surface area contributed by atoms with Gasteiger partial charge in [-0.3, -0.25) is 9.00 Å². The fourth-order valence-electron chi connectivity index (χ4n) is 2.47. The molecule has 0 fully saturated rings.